The fourth-order valence-electron chi connectivity index (χ4n) is 3.08. The molecule has 4 rings (SSSR count). The van der Waals surface area contributed by atoms with Crippen LogP contribution in [-0.4, -0.2) is 25.3 Å². The lowest BCUT2D eigenvalue weighted by atomic mass is 10.1. The molecule has 0 aliphatic rings. The maximum Gasteiger partial charge on any atom is 0.166 e. The summed E-state index contributed by atoms with van der Waals surface area (Å²) in [5, 5.41) is 0.968. The Morgan fingerprint density at radius 3 is 2.21 bits per heavy atom. The SMILES string of the molecule is Cc1nccn1CCCSc1nc(-c2ccccc2)c(-c2ccccc2)[nH]1.Cl.Cl. The molecule has 0 unspecified atom stereocenters. The first kappa shape index (κ1) is 23.1. The maximum absolute atomic E-state index is 4.90. The Balaban J connectivity index is 0.00000150. The lowest BCUT2D eigenvalue weighted by Gasteiger charge is -2.03. The predicted molar refractivity (Wildman–Crippen MR) is 126 cm³/mol. The van der Waals surface area contributed by atoms with Crippen molar-refractivity contribution in [2.75, 3.05) is 5.75 Å². The minimum Gasteiger partial charge on any atom is -0.335 e. The van der Waals surface area contributed by atoms with E-state index in [2.05, 4.69) is 63.1 Å². The molecule has 0 aliphatic heterocycles. The van der Waals surface area contributed by atoms with Crippen LogP contribution in [0.3, 0.4) is 0 Å². The summed E-state index contributed by atoms with van der Waals surface area (Å²) in [7, 11) is 0. The van der Waals surface area contributed by atoms with Gasteiger partial charge in [-0.05, 0) is 13.3 Å². The summed E-state index contributed by atoms with van der Waals surface area (Å²) in [5.74, 6) is 2.07. The van der Waals surface area contributed by atoms with Gasteiger partial charge < -0.3 is 9.55 Å². The third-order valence-electron chi connectivity index (χ3n) is 4.50. The molecule has 4 nitrogen and oxygen atoms in total. The highest BCUT2D eigenvalue weighted by atomic mass is 35.5. The molecular formula is C22H24Cl2N4S. The summed E-state index contributed by atoms with van der Waals surface area (Å²) in [6.07, 6.45) is 4.96. The monoisotopic (exact) mass is 446 g/mol. The molecule has 0 fully saturated rings. The van der Waals surface area contributed by atoms with E-state index in [9.17, 15) is 0 Å². The number of nitrogens with zero attached hydrogens (tertiary/aromatic N) is 3. The summed E-state index contributed by atoms with van der Waals surface area (Å²) in [6.45, 7) is 3.02. The number of hydrogen-bond donors (Lipinski definition) is 1. The lowest BCUT2D eigenvalue weighted by Crippen LogP contribution is -2.00. The van der Waals surface area contributed by atoms with E-state index in [-0.39, 0.29) is 24.8 Å². The standard InChI is InChI=1S/C22H22N4S.2ClH/c1-17-23-13-15-26(17)14-8-16-27-22-24-20(18-9-4-2-5-10-18)21(25-22)19-11-6-3-7-12-19;;/h2-7,9-13,15H,8,14,16H2,1H3,(H,24,25);2*1H. The van der Waals surface area contributed by atoms with Gasteiger partial charge >= 0.3 is 0 Å². The van der Waals surface area contributed by atoms with Crippen molar-refractivity contribution in [3.63, 3.8) is 0 Å². The molecule has 2 heterocycles. The molecule has 7 heteroatoms. The molecule has 0 atom stereocenters. The molecule has 1 N–H and O–H groups in total. The second-order valence-electron chi connectivity index (χ2n) is 6.37. The largest absolute Gasteiger partial charge is 0.335 e. The van der Waals surface area contributed by atoms with Gasteiger partial charge in [-0.25, -0.2) is 9.97 Å². The fraction of sp³-hybridized carbons (Fsp3) is 0.182. The summed E-state index contributed by atoms with van der Waals surface area (Å²) in [6, 6.07) is 20.8. The zero-order chi connectivity index (χ0) is 18.5. The normalized spacial score (nSPS) is 10.2. The van der Waals surface area contributed by atoms with Gasteiger partial charge in [0, 0.05) is 35.8 Å². The molecule has 0 bridgehead atoms. The first-order valence-electron chi connectivity index (χ1n) is 9.12. The summed E-state index contributed by atoms with van der Waals surface area (Å²) in [5.41, 5.74) is 4.38. The van der Waals surface area contributed by atoms with Crippen LogP contribution in [0.4, 0.5) is 0 Å². The van der Waals surface area contributed by atoms with Gasteiger partial charge in [-0.3, -0.25) is 0 Å². The van der Waals surface area contributed by atoms with Crippen molar-refractivity contribution in [3.05, 3.63) is 78.9 Å². The summed E-state index contributed by atoms with van der Waals surface area (Å²) >= 11 is 1.77. The van der Waals surface area contributed by atoms with Crippen LogP contribution in [0.2, 0.25) is 0 Å². The average molecular weight is 447 g/mol. The number of aromatic amines is 1. The van der Waals surface area contributed by atoms with E-state index in [1.54, 1.807) is 11.8 Å². The average Bonchev–Trinajstić information content (AvgIpc) is 3.33. The van der Waals surface area contributed by atoms with Crippen LogP contribution in [0.5, 0.6) is 0 Å². The molecule has 0 amide bonds. The fourth-order valence-corrected chi connectivity index (χ4v) is 3.88. The van der Waals surface area contributed by atoms with Crippen molar-refractivity contribution in [3.8, 4) is 22.5 Å². The van der Waals surface area contributed by atoms with Crippen molar-refractivity contribution >= 4 is 36.6 Å². The van der Waals surface area contributed by atoms with Gasteiger partial charge in [0.2, 0.25) is 0 Å². The van der Waals surface area contributed by atoms with Crippen molar-refractivity contribution in [1.29, 1.82) is 0 Å². The molecule has 0 radical (unpaired) electrons. The maximum atomic E-state index is 4.90. The van der Waals surface area contributed by atoms with Crippen LogP contribution in [-0.2, 0) is 6.54 Å². The van der Waals surface area contributed by atoms with Gasteiger partial charge in [-0.2, -0.15) is 0 Å². The molecule has 2 aromatic carbocycles. The number of hydrogen-bond acceptors (Lipinski definition) is 3. The van der Waals surface area contributed by atoms with E-state index in [1.165, 1.54) is 0 Å². The molecule has 152 valence electrons. The van der Waals surface area contributed by atoms with Gasteiger partial charge in [0.1, 0.15) is 5.82 Å². The number of aromatic nitrogens is 4. The number of halogens is 2. The Hall–Kier alpha value is -2.21. The van der Waals surface area contributed by atoms with Gasteiger partial charge in [0.15, 0.2) is 5.16 Å². The molecule has 4 aromatic rings. The topological polar surface area (TPSA) is 46.5 Å². The van der Waals surface area contributed by atoms with Crippen molar-refractivity contribution in [2.45, 2.75) is 25.0 Å². The number of nitrogens with one attached hydrogen (secondary N) is 1. The van der Waals surface area contributed by atoms with Crippen LogP contribution in [0.1, 0.15) is 12.2 Å². The van der Waals surface area contributed by atoms with Crippen molar-refractivity contribution < 1.29 is 0 Å². The predicted octanol–water partition coefficient (Wildman–Crippen LogP) is 6.27. The molecule has 0 spiro atoms. The van der Waals surface area contributed by atoms with E-state index in [0.717, 1.165) is 52.2 Å². The van der Waals surface area contributed by atoms with E-state index in [1.807, 2.05) is 31.5 Å². The van der Waals surface area contributed by atoms with Crippen LogP contribution < -0.4 is 0 Å². The quantitative estimate of drug-likeness (QED) is 0.268. The third-order valence-corrected chi connectivity index (χ3v) is 5.46. The van der Waals surface area contributed by atoms with Crippen molar-refractivity contribution in [1.82, 2.24) is 19.5 Å². The highest BCUT2D eigenvalue weighted by Gasteiger charge is 2.14. The van der Waals surface area contributed by atoms with Gasteiger partial charge in [0.25, 0.3) is 0 Å². The number of thioether (sulfide) groups is 1. The third kappa shape index (κ3) is 5.66. The molecule has 2 aromatic heterocycles. The first-order chi connectivity index (χ1) is 13.3. The first-order valence-corrected chi connectivity index (χ1v) is 10.1. The van der Waals surface area contributed by atoms with Gasteiger partial charge in [-0.15, -0.1) is 24.8 Å². The van der Waals surface area contributed by atoms with Crippen LogP contribution in [0.25, 0.3) is 22.5 Å². The summed E-state index contributed by atoms with van der Waals surface area (Å²) in [4.78, 5) is 12.7. The zero-order valence-corrected chi connectivity index (χ0v) is 18.6. The van der Waals surface area contributed by atoms with Crippen molar-refractivity contribution in [2.24, 2.45) is 0 Å². The molecule has 0 aliphatic carbocycles. The van der Waals surface area contributed by atoms with Crippen LogP contribution >= 0.6 is 36.6 Å². The Labute approximate surface area is 188 Å². The minimum atomic E-state index is 0. The number of rotatable bonds is 7. The van der Waals surface area contributed by atoms with E-state index >= 15 is 0 Å². The highest BCUT2D eigenvalue weighted by molar-refractivity contribution is 7.99. The Bertz CT molecular complexity index is 943. The number of benzene rings is 2. The zero-order valence-electron chi connectivity index (χ0n) is 16.1. The Morgan fingerprint density at radius 1 is 0.931 bits per heavy atom. The molecule has 0 saturated heterocycles. The Morgan fingerprint density at radius 2 is 1.59 bits per heavy atom. The highest BCUT2D eigenvalue weighted by Crippen LogP contribution is 2.32. The van der Waals surface area contributed by atoms with E-state index in [0.29, 0.717) is 0 Å². The minimum absolute atomic E-state index is 0. The molecule has 29 heavy (non-hydrogen) atoms. The number of H-pyrrole nitrogens is 1. The van der Waals surface area contributed by atoms with Gasteiger partial charge in [0.05, 0.1) is 11.4 Å². The second kappa shape index (κ2) is 11.1. The number of aryl methyl sites for hydroxylation is 2. The molecule has 0 saturated carbocycles. The second-order valence-corrected chi connectivity index (χ2v) is 7.45. The van der Waals surface area contributed by atoms with Crippen LogP contribution in [0.15, 0.2) is 78.2 Å². The summed E-state index contributed by atoms with van der Waals surface area (Å²) < 4.78 is 2.19. The van der Waals surface area contributed by atoms with E-state index in [4.69, 9.17) is 4.98 Å². The van der Waals surface area contributed by atoms with Crippen LogP contribution in [0, 0.1) is 6.92 Å². The number of imidazole rings is 2. The molecular weight excluding hydrogens is 423 g/mol. The van der Waals surface area contributed by atoms with E-state index < -0.39 is 0 Å². The van der Waals surface area contributed by atoms with Gasteiger partial charge in [-0.1, -0.05) is 72.4 Å². The Kier molecular flexibility index (Phi) is 8.83. The lowest BCUT2D eigenvalue weighted by molar-refractivity contribution is 0.662. The smallest absolute Gasteiger partial charge is 0.166 e.